The molecule has 3 aromatic rings. The number of hydrogen-bond acceptors (Lipinski definition) is 4. The molecule has 0 aliphatic carbocycles. The molecule has 0 saturated carbocycles. The zero-order chi connectivity index (χ0) is 21.6. The lowest BCUT2D eigenvalue weighted by atomic mass is 9.87. The molecule has 2 aromatic heterocycles. The lowest BCUT2D eigenvalue weighted by Crippen LogP contribution is -2.13. The Hall–Kier alpha value is -3.15. The topological polar surface area (TPSA) is 53.4 Å². The van der Waals surface area contributed by atoms with Gasteiger partial charge in [0.1, 0.15) is 5.65 Å². The summed E-state index contributed by atoms with van der Waals surface area (Å²) >= 11 is 0. The van der Waals surface area contributed by atoms with Gasteiger partial charge in [-0.05, 0) is 67.2 Å². The lowest BCUT2D eigenvalue weighted by molar-refractivity contribution is -0.139. The predicted molar refractivity (Wildman–Crippen MR) is 115 cm³/mol. The van der Waals surface area contributed by atoms with E-state index < -0.39 is 0 Å². The largest absolute Gasteiger partial charge is 0.490 e. The Labute approximate surface area is 175 Å². The van der Waals surface area contributed by atoms with E-state index in [-0.39, 0.29) is 18.2 Å². The molecule has 30 heavy (non-hydrogen) atoms. The Morgan fingerprint density at radius 2 is 2.17 bits per heavy atom. The fourth-order valence-corrected chi connectivity index (χ4v) is 4.35. The highest BCUT2D eigenvalue weighted by Crippen LogP contribution is 2.42. The van der Waals surface area contributed by atoms with E-state index in [1.165, 1.54) is 13.2 Å². The first kappa shape index (κ1) is 20.1. The number of fused-ring (bicyclic) bond motifs is 2. The van der Waals surface area contributed by atoms with Crippen LogP contribution < -0.4 is 4.74 Å². The second-order valence-electron chi connectivity index (χ2n) is 7.66. The molecule has 0 amide bonds. The van der Waals surface area contributed by atoms with E-state index >= 15 is 4.39 Å². The first-order valence-corrected chi connectivity index (χ1v) is 10.0. The fourth-order valence-electron chi connectivity index (χ4n) is 4.35. The standard InChI is InChI=1S/C24H25FN2O3/c1-6-15-10-19-22(17-11-20(25)23-16(13(17)2)8-7-9-30-23)18(12-21(28)29-5)14(3)26-24(19)27(15)4/h6,10-11H,1,7-9,12H2,2-5H3. The highest BCUT2D eigenvalue weighted by Gasteiger charge is 2.26. The number of aryl methyl sites for hydroxylation is 2. The molecule has 1 aliphatic rings. The monoisotopic (exact) mass is 408 g/mol. The number of carbonyl (C=O) groups is 1. The number of carbonyl (C=O) groups excluding carboxylic acids is 1. The molecule has 4 rings (SSSR count). The first-order chi connectivity index (χ1) is 14.4. The summed E-state index contributed by atoms with van der Waals surface area (Å²) in [5.74, 6) is -0.393. The van der Waals surface area contributed by atoms with Gasteiger partial charge < -0.3 is 14.0 Å². The normalized spacial score (nSPS) is 13.1. The molecule has 0 N–H and O–H groups in total. The minimum atomic E-state index is -0.378. The number of methoxy groups -OCH3 is 1. The maximum absolute atomic E-state index is 15.1. The van der Waals surface area contributed by atoms with Crippen LogP contribution in [0.4, 0.5) is 4.39 Å². The Kier molecular flexibility index (Phi) is 5.10. The third kappa shape index (κ3) is 3.07. The number of rotatable bonds is 4. The Balaban J connectivity index is 2.11. The molecule has 3 heterocycles. The van der Waals surface area contributed by atoms with Gasteiger partial charge in [0, 0.05) is 29.4 Å². The molecule has 1 aromatic carbocycles. The molecule has 6 heteroatoms. The smallest absolute Gasteiger partial charge is 0.310 e. The van der Waals surface area contributed by atoms with Crippen LogP contribution in [0, 0.1) is 19.7 Å². The van der Waals surface area contributed by atoms with Crippen molar-refractivity contribution >= 4 is 23.1 Å². The van der Waals surface area contributed by atoms with Gasteiger partial charge in [-0.15, -0.1) is 0 Å². The lowest BCUT2D eigenvalue weighted by Gasteiger charge is -2.23. The second-order valence-corrected chi connectivity index (χ2v) is 7.66. The van der Waals surface area contributed by atoms with E-state index in [1.807, 2.05) is 31.5 Å². The van der Waals surface area contributed by atoms with Crippen LogP contribution in [0.15, 0.2) is 18.7 Å². The predicted octanol–water partition coefficient (Wildman–Crippen LogP) is 4.68. The van der Waals surface area contributed by atoms with Crippen molar-refractivity contribution in [3.63, 3.8) is 0 Å². The van der Waals surface area contributed by atoms with Gasteiger partial charge in [-0.25, -0.2) is 9.37 Å². The van der Waals surface area contributed by atoms with Crippen molar-refractivity contribution in [2.45, 2.75) is 33.1 Å². The van der Waals surface area contributed by atoms with Crippen LogP contribution in [0.1, 0.15) is 34.5 Å². The highest BCUT2D eigenvalue weighted by atomic mass is 19.1. The van der Waals surface area contributed by atoms with Crippen LogP contribution in [0.25, 0.3) is 28.2 Å². The van der Waals surface area contributed by atoms with E-state index in [2.05, 4.69) is 6.58 Å². The van der Waals surface area contributed by atoms with E-state index in [1.54, 1.807) is 6.08 Å². The van der Waals surface area contributed by atoms with Gasteiger partial charge in [0.05, 0.1) is 20.1 Å². The summed E-state index contributed by atoms with van der Waals surface area (Å²) in [6.07, 6.45) is 3.43. The summed E-state index contributed by atoms with van der Waals surface area (Å²) < 4.78 is 27.5. The van der Waals surface area contributed by atoms with E-state index in [9.17, 15) is 4.79 Å². The maximum atomic E-state index is 15.1. The zero-order valence-corrected chi connectivity index (χ0v) is 17.8. The van der Waals surface area contributed by atoms with Gasteiger partial charge in [-0.1, -0.05) is 6.58 Å². The Morgan fingerprint density at radius 1 is 1.40 bits per heavy atom. The van der Waals surface area contributed by atoms with Gasteiger partial charge in [0.2, 0.25) is 0 Å². The van der Waals surface area contributed by atoms with Crippen molar-refractivity contribution in [1.82, 2.24) is 9.55 Å². The molecule has 1 aliphatic heterocycles. The second kappa shape index (κ2) is 7.59. The molecular weight excluding hydrogens is 383 g/mol. The van der Waals surface area contributed by atoms with Crippen LogP contribution in [-0.2, 0) is 29.4 Å². The number of halogens is 1. The van der Waals surface area contributed by atoms with Gasteiger partial charge >= 0.3 is 5.97 Å². The molecule has 0 unspecified atom stereocenters. The number of aromatic nitrogens is 2. The molecule has 0 radical (unpaired) electrons. The van der Waals surface area contributed by atoms with Crippen molar-refractivity contribution in [1.29, 1.82) is 0 Å². The van der Waals surface area contributed by atoms with Gasteiger partial charge in [0.25, 0.3) is 0 Å². The van der Waals surface area contributed by atoms with Crippen molar-refractivity contribution in [3.8, 4) is 16.9 Å². The molecule has 156 valence electrons. The number of nitrogens with zero attached hydrogens (tertiary/aromatic N) is 2. The van der Waals surface area contributed by atoms with Crippen LogP contribution in [0.2, 0.25) is 0 Å². The third-order valence-electron chi connectivity index (χ3n) is 5.98. The SMILES string of the molecule is C=Cc1cc2c(-c3cc(F)c4c(c3C)CCCO4)c(CC(=O)OC)c(C)nc2n1C. The van der Waals surface area contributed by atoms with Crippen molar-refractivity contribution in [2.24, 2.45) is 7.05 Å². The number of pyridine rings is 1. The van der Waals surface area contributed by atoms with E-state index in [4.69, 9.17) is 14.5 Å². The summed E-state index contributed by atoms with van der Waals surface area (Å²) in [6, 6.07) is 3.51. The van der Waals surface area contributed by atoms with Crippen molar-refractivity contribution in [2.75, 3.05) is 13.7 Å². The molecule has 0 fully saturated rings. The summed E-state index contributed by atoms with van der Waals surface area (Å²) in [7, 11) is 3.28. The summed E-state index contributed by atoms with van der Waals surface area (Å²) in [5.41, 5.74) is 6.55. The minimum Gasteiger partial charge on any atom is -0.490 e. The molecular formula is C24H25FN2O3. The summed E-state index contributed by atoms with van der Waals surface area (Å²) in [6.45, 7) is 8.27. The third-order valence-corrected chi connectivity index (χ3v) is 5.98. The van der Waals surface area contributed by atoms with Crippen LogP contribution in [0.5, 0.6) is 5.75 Å². The van der Waals surface area contributed by atoms with E-state index in [0.29, 0.717) is 18.1 Å². The maximum Gasteiger partial charge on any atom is 0.310 e. The van der Waals surface area contributed by atoms with Crippen molar-refractivity contribution in [3.05, 3.63) is 52.6 Å². The van der Waals surface area contributed by atoms with Crippen LogP contribution >= 0.6 is 0 Å². The minimum absolute atomic E-state index is 0.0631. The number of ether oxygens (including phenoxy) is 2. The molecule has 0 atom stereocenters. The average Bonchev–Trinajstić information content (AvgIpc) is 3.06. The van der Waals surface area contributed by atoms with Gasteiger partial charge in [-0.3, -0.25) is 4.79 Å². The molecule has 0 spiro atoms. The van der Waals surface area contributed by atoms with Crippen LogP contribution in [0.3, 0.4) is 0 Å². The number of benzene rings is 1. The molecule has 0 saturated heterocycles. The Bertz CT molecular complexity index is 1190. The highest BCUT2D eigenvalue weighted by molar-refractivity contribution is 5.99. The zero-order valence-electron chi connectivity index (χ0n) is 17.8. The quantitative estimate of drug-likeness (QED) is 0.588. The average molecular weight is 408 g/mol. The van der Waals surface area contributed by atoms with Gasteiger partial charge in [0.15, 0.2) is 11.6 Å². The Morgan fingerprint density at radius 3 is 2.87 bits per heavy atom. The summed E-state index contributed by atoms with van der Waals surface area (Å²) in [5, 5.41) is 0.857. The van der Waals surface area contributed by atoms with Crippen molar-refractivity contribution < 1.29 is 18.7 Å². The van der Waals surface area contributed by atoms with Gasteiger partial charge in [-0.2, -0.15) is 0 Å². The molecule has 0 bridgehead atoms. The molecule has 5 nitrogen and oxygen atoms in total. The number of hydrogen-bond donors (Lipinski definition) is 0. The van der Waals surface area contributed by atoms with Crippen LogP contribution in [-0.4, -0.2) is 29.2 Å². The fraction of sp³-hybridized carbons (Fsp3) is 0.333. The summed E-state index contributed by atoms with van der Waals surface area (Å²) in [4.78, 5) is 16.9. The van der Waals surface area contributed by atoms with E-state index in [0.717, 1.165) is 57.4 Å². The number of esters is 1. The first-order valence-electron chi connectivity index (χ1n) is 10.0.